The molecule has 0 radical (unpaired) electrons. The summed E-state index contributed by atoms with van der Waals surface area (Å²) in [7, 11) is 0. The molecule has 1 aliphatic rings. The van der Waals surface area contributed by atoms with E-state index in [1.165, 1.54) is 12.8 Å². The van der Waals surface area contributed by atoms with Crippen molar-refractivity contribution in [2.75, 3.05) is 24.5 Å². The van der Waals surface area contributed by atoms with Gasteiger partial charge in [-0.1, -0.05) is 0 Å². The lowest BCUT2D eigenvalue weighted by molar-refractivity contribution is 0.422. The number of hydrogen-bond donors (Lipinski definition) is 1. The van der Waals surface area contributed by atoms with Gasteiger partial charge in [0, 0.05) is 25.5 Å². The van der Waals surface area contributed by atoms with E-state index in [9.17, 15) is 0 Å². The molecule has 94 valence electrons. The minimum atomic E-state index is 0.582. The van der Waals surface area contributed by atoms with E-state index in [2.05, 4.69) is 19.9 Å². The van der Waals surface area contributed by atoms with Gasteiger partial charge in [0.15, 0.2) is 5.65 Å². The molecule has 1 aliphatic heterocycles. The third-order valence-electron chi connectivity index (χ3n) is 3.49. The quantitative estimate of drug-likeness (QED) is 0.858. The second-order valence-corrected chi connectivity index (χ2v) is 4.76. The maximum absolute atomic E-state index is 5.76. The van der Waals surface area contributed by atoms with Gasteiger partial charge < -0.3 is 10.6 Å². The molecule has 1 fully saturated rings. The predicted octanol–water partition coefficient (Wildman–Crippen LogP) is 1.20. The van der Waals surface area contributed by atoms with Crippen LogP contribution in [0.2, 0.25) is 0 Å². The Kier molecular flexibility index (Phi) is 3.06. The standard InChI is InChI=1S/C13H17N5/c14-8-10-2-1-7-18(9-10)12-4-3-11-13(17-12)16-6-5-15-11/h3-6,10H,1-2,7-9,14H2. The van der Waals surface area contributed by atoms with Gasteiger partial charge in [0.1, 0.15) is 11.3 Å². The number of fused-ring (bicyclic) bond motifs is 1. The normalized spacial score (nSPS) is 20.3. The molecule has 2 aromatic heterocycles. The molecule has 0 saturated carbocycles. The zero-order chi connectivity index (χ0) is 12.4. The van der Waals surface area contributed by atoms with Gasteiger partial charge in [-0.05, 0) is 37.4 Å². The molecule has 5 heteroatoms. The van der Waals surface area contributed by atoms with Crippen LogP contribution in [0, 0.1) is 5.92 Å². The van der Waals surface area contributed by atoms with Gasteiger partial charge in [0.25, 0.3) is 0 Å². The summed E-state index contributed by atoms with van der Waals surface area (Å²) in [5.41, 5.74) is 7.32. The fourth-order valence-electron chi connectivity index (χ4n) is 2.49. The average Bonchev–Trinajstić information content (AvgIpc) is 2.47. The van der Waals surface area contributed by atoms with E-state index in [4.69, 9.17) is 5.73 Å². The smallest absolute Gasteiger partial charge is 0.180 e. The first-order valence-electron chi connectivity index (χ1n) is 6.39. The molecule has 3 heterocycles. The van der Waals surface area contributed by atoms with Gasteiger partial charge in [-0.3, -0.25) is 4.98 Å². The summed E-state index contributed by atoms with van der Waals surface area (Å²) < 4.78 is 0. The van der Waals surface area contributed by atoms with Gasteiger partial charge >= 0.3 is 0 Å². The van der Waals surface area contributed by atoms with Crippen molar-refractivity contribution >= 4 is 17.0 Å². The van der Waals surface area contributed by atoms with Crippen molar-refractivity contribution in [3.05, 3.63) is 24.5 Å². The average molecular weight is 243 g/mol. The van der Waals surface area contributed by atoms with Crippen LogP contribution in [0.15, 0.2) is 24.5 Å². The zero-order valence-corrected chi connectivity index (χ0v) is 10.3. The van der Waals surface area contributed by atoms with Crippen LogP contribution in [-0.4, -0.2) is 34.6 Å². The van der Waals surface area contributed by atoms with E-state index in [1.807, 2.05) is 12.1 Å². The summed E-state index contributed by atoms with van der Waals surface area (Å²) in [6, 6.07) is 4.01. The number of hydrogen-bond acceptors (Lipinski definition) is 5. The second-order valence-electron chi connectivity index (χ2n) is 4.76. The summed E-state index contributed by atoms with van der Waals surface area (Å²) in [5, 5.41) is 0. The number of pyridine rings is 1. The number of anilines is 1. The van der Waals surface area contributed by atoms with Crippen molar-refractivity contribution in [1.82, 2.24) is 15.0 Å². The van der Waals surface area contributed by atoms with Gasteiger partial charge in [-0.25, -0.2) is 9.97 Å². The van der Waals surface area contributed by atoms with Crippen LogP contribution < -0.4 is 10.6 Å². The third kappa shape index (κ3) is 2.13. The summed E-state index contributed by atoms with van der Waals surface area (Å²) in [6.45, 7) is 2.80. The molecule has 2 aromatic rings. The van der Waals surface area contributed by atoms with E-state index in [-0.39, 0.29) is 0 Å². The van der Waals surface area contributed by atoms with E-state index in [0.29, 0.717) is 11.6 Å². The lowest BCUT2D eigenvalue weighted by Crippen LogP contribution is -2.38. The molecule has 2 N–H and O–H groups in total. The molecule has 0 bridgehead atoms. The molecule has 0 aliphatic carbocycles. The largest absolute Gasteiger partial charge is 0.356 e. The second kappa shape index (κ2) is 4.86. The Morgan fingerprint density at radius 3 is 3.06 bits per heavy atom. The fraction of sp³-hybridized carbons (Fsp3) is 0.462. The van der Waals surface area contributed by atoms with Crippen molar-refractivity contribution in [1.29, 1.82) is 0 Å². The highest BCUT2D eigenvalue weighted by Gasteiger charge is 2.19. The van der Waals surface area contributed by atoms with Crippen LogP contribution in [0.3, 0.4) is 0 Å². The Hall–Kier alpha value is -1.75. The lowest BCUT2D eigenvalue weighted by Gasteiger charge is -2.32. The van der Waals surface area contributed by atoms with Crippen LogP contribution in [-0.2, 0) is 0 Å². The first kappa shape index (κ1) is 11.3. The molecule has 1 atom stereocenters. The molecule has 5 nitrogen and oxygen atoms in total. The van der Waals surface area contributed by atoms with Crippen LogP contribution in [0.1, 0.15) is 12.8 Å². The van der Waals surface area contributed by atoms with E-state index in [1.54, 1.807) is 12.4 Å². The minimum absolute atomic E-state index is 0.582. The van der Waals surface area contributed by atoms with Crippen molar-refractivity contribution in [3.63, 3.8) is 0 Å². The molecule has 1 saturated heterocycles. The maximum atomic E-state index is 5.76. The molecule has 0 spiro atoms. The SMILES string of the molecule is NCC1CCCN(c2ccc3nccnc3n2)C1. The molecular weight excluding hydrogens is 226 g/mol. The Balaban J connectivity index is 1.89. The Morgan fingerprint density at radius 2 is 2.17 bits per heavy atom. The maximum Gasteiger partial charge on any atom is 0.180 e. The summed E-state index contributed by atoms with van der Waals surface area (Å²) in [4.78, 5) is 15.4. The summed E-state index contributed by atoms with van der Waals surface area (Å²) in [5.74, 6) is 1.57. The van der Waals surface area contributed by atoms with Crippen molar-refractivity contribution < 1.29 is 0 Å². The van der Waals surface area contributed by atoms with Gasteiger partial charge in [-0.15, -0.1) is 0 Å². The Bertz CT molecular complexity index is 542. The number of aromatic nitrogens is 3. The Labute approximate surface area is 106 Å². The Morgan fingerprint density at radius 1 is 1.28 bits per heavy atom. The molecule has 1 unspecified atom stereocenters. The van der Waals surface area contributed by atoms with Crippen molar-refractivity contribution in [2.45, 2.75) is 12.8 Å². The number of piperidine rings is 1. The topological polar surface area (TPSA) is 67.9 Å². The highest BCUT2D eigenvalue weighted by Crippen LogP contribution is 2.22. The fourth-order valence-corrected chi connectivity index (χ4v) is 2.49. The van der Waals surface area contributed by atoms with Crippen molar-refractivity contribution in [2.24, 2.45) is 11.7 Å². The highest BCUT2D eigenvalue weighted by molar-refractivity contribution is 5.71. The highest BCUT2D eigenvalue weighted by atomic mass is 15.2. The lowest BCUT2D eigenvalue weighted by atomic mass is 9.98. The van der Waals surface area contributed by atoms with Crippen LogP contribution in [0.5, 0.6) is 0 Å². The number of nitrogens with two attached hydrogens (primary N) is 1. The summed E-state index contributed by atoms with van der Waals surface area (Å²) in [6.07, 6.45) is 5.77. The number of nitrogens with zero attached hydrogens (tertiary/aromatic N) is 4. The van der Waals surface area contributed by atoms with Crippen LogP contribution in [0.4, 0.5) is 5.82 Å². The van der Waals surface area contributed by atoms with Gasteiger partial charge in [0.2, 0.25) is 0 Å². The number of rotatable bonds is 2. The molecule has 18 heavy (non-hydrogen) atoms. The molecule has 0 aromatic carbocycles. The third-order valence-corrected chi connectivity index (χ3v) is 3.49. The first-order valence-corrected chi connectivity index (χ1v) is 6.39. The van der Waals surface area contributed by atoms with Crippen LogP contribution >= 0.6 is 0 Å². The van der Waals surface area contributed by atoms with E-state index in [0.717, 1.165) is 31.0 Å². The van der Waals surface area contributed by atoms with Gasteiger partial charge in [-0.2, -0.15) is 0 Å². The molecular formula is C13H17N5. The predicted molar refractivity (Wildman–Crippen MR) is 71.3 cm³/mol. The minimum Gasteiger partial charge on any atom is -0.356 e. The van der Waals surface area contributed by atoms with E-state index >= 15 is 0 Å². The van der Waals surface area contributed by atoms with Crippen LogP contribution in [0.25, 0.3) is 11.2 Å². The summed E-state index contributed by atoms with van der Waals surface area (Å²) >= 11 is 0. The molecule has 0 amide bonds. The van der Waals surface area contributed by atoms with Gasteiger partial charge in [0.05, 0.1) is 0 Å². The van der Waals surface area contributed by atoms with Crippen molar-refractivity contribution in [3.8, 4) is 0 Å². The first-order chi connectivity index (χ1) is 8.86. The van der Waals surface area contributed by atoms with E-state index < -0.39 is 0 Å². The molecule has 3 rings (SSSR count). The monoisotopic (exact) mass is 243 g/mol. The zero-order valence-electron chi connectivity index (χ0n) is 10.3.